The van der Waals surface area contributed by atoms with E-state index in [2.05, 4.69) is 5.32 Å². The van der Waals surface area contributed by atoms with Crippen molar-refractivity contribution in [1.29, 1.82) is 0 Å². The van der Waals surface area contributed by atoms with Crippen molar-refractivity contribution in [2.45, 2.75) is 13.8 Å². The fraction of sp³-hybridized carbons (Fsp3) is 0.222. The number of rotatable bonds is 6. The first kappa shape index (κ1) is 17.3. The Balaban J connectivity index is 2.10. The van der Waals surface area contributed by atoms with Gasteiger partial charge in [0.2, 0.25) is 0 Å². The highest BCUT2D eigenvalue weighted by Gasteiger charge is 2.15. The van der Waals surface area contributed by atoms with Crippen LogP contribution in [0.4, 0.5) is 5.69 Å². The molecule has 0 fully saturated rings. The highest BCUT2D eigenvalue weighted by Crippen LogP contribution is 2.26. The largest absolute Gasteiger partial charge is 0.495 e. The van der Waals surface area contributed by atoms with E-state index in [0.29, 0.717) is 17.0 Å². The predicted molar refractivity (Wildman–Crippen MR) is 90.0 cm³/mol. The van der Waals surface area contributed by atoms with E-state index < -0.39 is 11.9 Å². The smallest absolute Gasteiger partial charge is 0.339 e. The standard InChI is InChI=1S/C18H19NO5/c1-11-7-8-15(23-3)14(9-11)19-16(20)10-24-17-12(2)5-4-6-13(17)18(21)22/h4-9H,10H2,1-3H3,(H,19,20)(H,21,22). The molecule has 2 rings (SSSR count). The summed E-state index contributed by atoms with van der Waals surface area (Å²) >= 11 is 0. The molecular weight excluding hydrogens is 310 g/mol. The quantitative estimate of drug-likeness (QED) is 0.851. The molecule has 2 aromatic rings. The van der Waals surface area contributed by atoms with Crippen LogP contribution >= 0.6 is 0 Å². The van der Waals surface area contributed by atoms with E-state index in [0.717, 1.165) is 5.56 Å². The average Bonchev–Trinajstić information content (AvgIpc) is 2.53. The van der Waals surface area contributed by atoms with Gasteiger partial charge >= 0.3 is 5.97 Å². The van der Waals surface area contributed by atoms with Gasteiger partial charge in [-0.25, -0.2) is 4.79 Å². The summed E-state index contributed by atoms with van der Waals surface area (Å²) in [6.45, 7) is 3.32. The van der Waals surface area contributed by atoms with Gasteiger partial charge in [-0.1, -0.05) is 18.2 Å². The number of methoxy groups -OCH3 is 1. The van der Waals surface area contributed by atoms with E-state index in [9.17, 15) is 14.7 Å². The number of aryl methyl sites for hydroxylation is 2. The molecule has 6 nitrogen and oxygen atoms in total. The molecule has 1 amide bonds. The van der Waals surface area contributed by atoms with Crippen molar-refractivity contribution in [3.8, 4) is 11.5 Å². The molecule has 0 aliphatic heterocycles. The minimum Gasteiger partial charge on any atom is -0.495 e. The Kier molecular flexibility index (Phi) is 5.42. The fourth-order valence-electron chi connectivity index (χ4n) is 2.26. The molecule has 0 atom stereocenters. The van der Waals surface area contributed by atoms with E-state index in [1.807, 2.05) is 13.0 Å². The van der Waals surface area contributed by atoms with Gasteiger partial charge in [-0.15, -0.1) is 0 Å². The van der Waals surface area contributed by atoms with Crippen molar-refractivity contribution in [2.24, 2.45) is 0 Å². The van der Waals surface area contributed by atoms with Crippen molar-refractivity contribution >= 4 is 17.6 Å². The summed E-state index contributed by atoms with van der Waals surface area (Å²) in [5, 5.41) is 11.9. The van der Waals surface area contributed by atoms with Gasteiger partial charge in [0.05, 0.1) is 12.8 Å². The van der Waals surface area contributed by atoms with Gasteiger partial charge in [0.25, 0.3) is 5.91 Å². The van der Waals surface area contributed by atoms with Gasteiger partial charge in [-0.3, -0.25) is 4.79 Å². The number of carboxylic acid groups (broad SMARTS) is 1. The van der Waals surface area contributed by atoms with Gasteiger partial charge in [-0.2, -0.15) is 0 Å². The summed E-state index contributed by atoms with van der Waals surface area (Å²) < 4.78 is 10.6. The van der Waals surface area contributed by atoms with Crippen LogP contribution in [0.1, 0.15) is 21.5 Å². The molecule has 0 unspecified atom stereocenters. The fourth-order valence-corrected chi connectivity index (χ4v) is 2.26. The molecule has 2 N–H and O–H groups in total. The number of hydrogen-bond donors (Lipinski definition) is 2. The molecule has 6 heteroatoms. The SMILES string of the molecule is COc1ccc(C)cc1NC(=O)COc1c(C)cccc1C(=O)O. The number of nitrogens with one attached hydrogen (secondary N) is 1. The highest BCUT2D eigenvalue weighted by atomic mass is 16.5. The number of para-hydroxylation sites is 1. The van der Waals surface area contributed by atoms with Crippen LogP contribution in [0.5, 0.6) is 11.5 Å². The molecule has 0 radical (unpaired) electrons. The Labute approximate surface area is 140 Å². The second-order valence-electron chi connectivity index (χ2n) is 5.30. The molecule has 24 heavy (non-hydrogen) atoms. The summed E-state index contributed by atoms with van der Waals surface area (Å²) in [4.78, 5) is 23.4. The summed E-state index contributed by atoms with van der Waals surface area (Å²) in [6.07, 6.45) is 0. The topological polar surface area (TPSA) is 84.9 Å². The number of anilines is 1. The van der Waals surface area contributed by atoms with E-state index >= 15 is 0 Å². The summed E-state index contributed by atoms with van der Waals surface area (Å²) in [5.41, 5.74) is 2.18. The van der Waals surface area contributed by atoms with Crippen LogP contribution in [0.15, 0.2) is 36.4 Å². The van der Waals surface area contributed by atoms with Crippen molar-refractivity contribution in [3.63, 3.8) is 0 Å². The Morgan fingerprint density at radius 3 is 2.58 bits per heavy atom. The average molecular weight is 329 g/mol. The van der Waals surface area contributed by atoms with Gasteiger partial charge < -0.3 is 19.9 Å². The molecule has 0 spiro atoms. The van der Waals surface area contributed by atoms with Gasteiger partial charge in [0.1, 0.15) is 17.1 Å². The number of hydrogen-bond acceptors (Lipinski definition) is 4. The normalized spacial score (nSPS) is 10.1. The minimum absolute atomic E-state index is 0.0240. The van der Waals surface area contributed by atoms with Gasteiger partial charge in [0, 0.05) is 0 Å². The van der Waals surface area contributed by atoms with Crippen molar-refractivity contribution in [2.75, 3.05) is 19.0 Å². The third-order valence-corrected chi connectivity index (χ3v) is 3.42. The van der Waals surface area contributed by atoms with Crippen molar-refractivity contribution < 1.29 is 24.2 Å². The van der Waals surface area contributed by atoms with Crippen LogP contribution in [-0.2, 0) is 4.79 Å². The maximum atomic E-state index is 12.1. The van der Waals surface area contributed by atoms with Crippen LogP contribution in [0, 0.1) is 13.8 Å². The second-order valence-corrected chi connectivity index (χ2v) is 5.30. The zero-order valence-corrected chi connectivity index (χ0v) is 13.8. The summed E-state index contributed by atoms with van der Waals surface area (Å²) in [6, 6.07) is 10.2. The molecule has 0 saturated carbocycles. The van der Waals surface area contributed by atoms with E-state index in [-0.39, 0.29) is 17.9 Å². The van der Waals surface area contributed by atoms with Crippen LogP contribution in [-0.4, -0.2) is 30.7 Å². The molecule has 0 aromatic heterocycles. The number of carbonyl (C=O) groups is 2. The number of carbonyl (C=O) groups excluding carboxylic acids is 1. The summed E-state index contributed by atoms with van der Waals surface area (Å²) in [7, 11) is 1.52. The van der Waals surface area contributed by atoms with Gasteiger partial charge in [0.15, 0.2) is 6.61 Å². The lowest BCUT2D eigenvalue weighted by Crippen LogP contribution is -2.21. The van der Waals surface area contributed by atoms with Crippen molar-refractivity contribution in [1.82, 2.24) is 0 Å². The van der Waals surface area contributed by atoms with Crippen LogP contribution in [0.25, 0.3) is 0 Å². The third kappa shape index (κ3) is 4.04. The zero-order chi connectivity index (χ0) is 17.7. The molecule has 0 bridgehead atoms. The van der Waals surface area contributed by atoms with E-state index in [1.54, 1.807) is 31.2 Å². The van der Waals surface area contributed by atoms with Crippen LogP contribution in [0.3, 0.4) is 0 Å². The molecule has 126 valence electrons. The van der Waals surface area contributed by atoms with E-state index in [4.69, 9.17) is 9.47 Å². The molecule has 2 aromatic carbocycles. The number of amides is 1. The molecule has 0 heterocycles. The first-order valence-electron chi connectivity index (χ1n) is 7.32. The Hall–Kier alpha value is -3.02. The van der Waals surface area contributed by atoms with Crippen LogP contribution < -0.4 is 14.8 Å². The van der Waals surface area contributed by atoms with E-state index in [1.165, 1.54) is 13.2 Å². The van der Waals surface area contributed by atoms with Crippen molar-refractivity contribution in [3.05, 3.63) is 53.1 Å². The lowest BCUT2D eigenvalue weighted by Gasteiger charge is -2.13. The monoisotopic (exact) mass is 329 g/mol. The first-order chi connectivity index (χ1) is 11.4. The Bertz CT molecular complexity index is 770. The third-order valence-electron chi connectivity index (χ3n) is 3.42. The molecule has 0 aliphatic carbocycles. The number of aromatic carboxylic acids is 1. The van der Waals surface area contributed by atoms with Crippen LogP contribution in [0.2, 0.25) is 0 Å². The summed E-state index contributed by atoms with van der Waals surface area (Å²) in [5.74, 6) is -0.777. The lowest BCUT2D eigenvalue weighted by atomic mass is 10.1. The minimum atomic E-state index is -1.10. The highest BCUT2D eigenvalue weighted by molar-refractivity contribution is 5.94. The second kappa shape index (κ2) is 7.50. The molecular formula is C18H19NO5. The first-order valence-corrected chi connectivity index (χ1v) is 7.32. The molecule has 0 aliphatic rings. The molecule has 0 saturated heterocycles. The lowest BCUT2D eigenvalue weighted by molar-refractivity contribution is -0.118. The Morgan fingerprint density at radius 1 is 1.17 bits per heavy atom. The maximum Gasteiger partial charge on any atom is 0.339 e. The van der Waals surface area contributed by atoms with Gasteiger partial charge in [-0.05, 0) is 43.2 Å². The number of ether oxygens (including phenoxy) is 2. The maximum absolute atomic E-state index is 12.1. The number of benzene rings is 2. The Morgan fingerprint density at radius 2 is 1.92 bits per heavy atom. The predicted octanol–water partition coefficient (Wildman–Crippen LogP) is 3.03. The zero-order valence-electron chi connectivity index (χ0n) is 13.8. The number of carboxylic acids is 1.